The first-order valence-corrected chi connectivity index (χ1v) is 7.55. The van der Waals surface area contributed by atoms with Crippen molar-refractivity contribution in [1.29, 1.82) is 0 Å². The van der Waals surface area contributed by atoms with Crippen LogP contribution >= 0.6 is 0 Å². The minimum atomic E-state index is 0.0511. The molecule has 0 spiro atoms. The summed E-state index contributed by atoms with van der Waals surface area (Å²) in [5.41, 5.74) is 10.4. The van der Waals surface area contributed by atoms with E-state index >= 15 is 0 Å². The lowest BCUT2D eigenvalue weighted by Gasteiger charge is -2.07. The normalized spacial score (nSPS) is 11.0. The molecular formula is C20H18N2O2. The third-order valence-corrected chi connectivity index (χ3v) is 3.77. The van der Waals surface area contributed by atoms with Crippen LogP contribution in [0.25, 0.3) is 11.1 Å². The van der Waals surface area contributed by atoms with E-state index in [1.54, 1.807) is 42.6 Å². The standard InChI is InChI=1S/C20H18N2O2/c1-13-2-4-14(5-3-13)12-22-18-11-16(7-9-20(18)24)15-6-8-19(23)17(21)10-15/h2-12,23-24H,21H2,1H3/b22-12+. The quantitative estimate of drug-likeness (QED) is 0.380. The van der Waals surface area contributed by atoms with Crippen molar-refractivity contribution in [1.82, 2.24) is 0 Å². The van der Waals surface area contributed by atoms with Gasteiger partial charge in [0.1, 0.15) is 17.2 Å². The van der Waals surface area contributed by atoms with E-state index in [0.717, 1.165) is 16.7 Å². The minimum Gasteiger partial charge on any atom is -0.506 e. The molecule has 4 nitrogen and oxygen atoms in total. The van der Waals surface area contributed by atoms with Gasteiger partial charge in [0.15, 0.2) is 0 Å². The van der Waals surface area contributed by atoms with Crippen LogP contribution in [0.15, 0.2) is 65.7 Å². The van der Waals surface area contributed by atoms with E-state index in [2.05, 4.69) is 4.99 Å². The zero-order chi connectivity index (χ0) is 17.1. The second kappa shape index (κ2) is 6.46. The summed E-state index contributed by atoms with van der Waals surface area (Å²) in [5, 5.41) is 19.6. The lowest BCUT2D eigenvalue weighted by Crippen LogP contribution is -1.87. The number of aliphatic imine (C=N–C) groups is 1. The first-order chi connectivity index (χ1) is 11.5. The number of nitrogen functional groups attached to an aromatic ring is 1. The van der Waals surface area contributed by atoms with E-state index in [0.29, 0.717) is 11.4 Å². The molecule has 3 aromatic rings. The third-order valence-electron chi connectivity index (χ3n) is 3.77. The second-order valence-electron chi connectivity index (χ2n) is 5.65. The largest absolute Gasteiger partial charge is 0.506 e. The molecule has 0 amide bonds. The van der Waals surface area contributed by atoms with Gasteiger partial charge in [-0.05, 0) is 47.9 Å². The summed E-state index contributed by atoms with van der Waals surface area (Å²) < 4.78 is 0. The molecule has 0 heterocycles. The van der Waals surface area contributed by atoms with Crippen LogP contribution in [0.2, 0.25) is 0 Å². The SMILES string of the molecule is Cc1ccc(/C=N/c2cc(-c3ccc(O)c(N)c3)ccc2O)cc1. The molecule has 4 heteroatoms. The summed E-state index contributed by atoms with van der Waals surface area (Å²) in [6.45, 7) is 2.03. The van der Waals surface area contributed by atoms with Gasteiger partial charge in [0.05, 0.1) is 5.69 Å². The average molecular weight is 318 g/mol. The molecule has 3 aromatic carbocycles. The molecular weight excluding hydrogens is 300 g/mol. The Morgan fingerprint density at radius 3 is 2.12 bits per heavy atom. The second-order valence-corrected chi connectivity index (χ2v) is 5.65. The number of anilines is 1. The molecule has 0 bridgehead atoms. The smallest absolute Gasteiger partial charge is 0.141 e. The van der Waals surface area contributed by atoms with E-state index in [1.807, 2.05) is 31.2 Å². The summed E-state index contributed by atoms with van der Waals surface area (Å²) >= 11 is 0. The van der Waals surface area contributed by atoms with Crippen LogP contribution in [0.1, 0.15) is 11.1 Å². The van der Waals surface area contributed by atoms with Crippen molar-refractivity contribution >= 4 is 17.6 Å². The van der Waals surface area contributed by atoms with Crippen molar-refractivity contribution in [3.63, 3.8) is 0 Å². The Bertz CT molecular complexity index is 900. The van der Waals surface area contributed by atoms with Gasteiger partial charge in [0, 0.05) is 6.21 Å². The van der Waals surface area contributed by atoms with Crippen molar-refractivity contribution in [2.75, 3.05) is 5.73 Å². The van der Waals surface area contributed by atoms with Gasteiger partial charge in [-0.15, -0.1) is 0 Å². The maximum Gasteiger partial charge on any atom is 0.141 e. The number of nitrogens with zero attached hydrogens (tertiary/aromatic N) is 1. The Morgan fingerprint density at radius 1 is 0.833 bits per heavy atom. The van der Waals surface area contributed by atoms with Gasteiger partial charge in [-0.25, -0.2) is 0 Å². The molecule has 0 saturated heterocycles. The fourth-order valence-electron chi connectivity index (χ4n) is 2.34. The van der Waals surface area contributed by atoms with E-state index in [-0.39, 0.29) is 11.5 Å². The van der Waals surface area contributed by atoms with E-state index in [9.17, 15) is 10.2 Å². The van der Waals surface area contributed by atoms with E-state index < -0.39 is 0 Å². The van der Waals surface area contributed by atoms with Crippen molar-refractivity contribution in [3.05, 3.63) is 71.8 Å². The lowest BCUT2D eigenvalue weighted by molar-refractivity contribution is 0.476. The molecule has 120 valence electrons. The number of aromatic hydroxyl groups is 2. The Kier molecular flexibility index (Phi) is 4.20. The Morgan fingerprint density at radius 2 is 1.46 bits per heavy atom. The van der Waals surface area contributed by atoms with Crippen LogP contribution < -0.4 is 5.73 Å². The number of hydrogen-bond donors (Lipinski definition) is 3. The molecule has 0 unspecified atom stereocenters. The Labute approximate surface area is 140 Å². The molecule has 3 rings (SSSR count). The first kappa shape index (κ1) is 15.6. The van der Waals surface area contributed by atoms with Crippen molar-refractivity contribution < 1.29 is 10.2 Å². The Balaban J connectivity index is 1.94. The fraction of sp³-hybridized carbons (Fsp3) is 0.0500. The highest BCUT2D eigenvalue weighted by molar-refractivity contribution is 5.84. The summed E-state index contributed by atoms with van der Waals surface area (Å²) in [5.74, 6) is 0.156. The van der Waals surface area contributed by atoms with Crippen LogP contribution in [0, 0.1) is 6.92 Å². The number of nitrogens with two attached hydrogens (primary N) is 1. The number of phenolic OH excluding ortho intramolecular Hbond substituents is 2. The first-order valence-electron chi connectivity index (χ1n) is 7.55. The number of rotatable bonds is 3. The highest BCUT2D eigenvalue weighted by Crippen LogP contribution is 2.34. The van der Waals surface area contributed by atoms with Crippen LogP contribution in [-0.4, -0.2) is 16.4 Å². The topological polar surface area (TPSA) is 78.8 Å². The summed E-state index contributed by atoms with van der Waals surface area (Å²) in [7, 11) is 0. The predicted molar refractivity (Wildman–Crippen MR) is 98.1 cm³/mol. The zero-order valence-corrected chi connectivity index (χ0v) is 13.3. The van der Waals surface area contributed by atoms with Crippen LogP contribution in [0.5, 0.6) is 11.5 Å². The maximum absolute atomic E-state index is 10.0. The molecule has 4 N–H and O–H groups in total. The molecule has 0 aliphatic heterocycles. The monoisotopic (exact) mass is 318 g/mol. The average Bonchev–Trinajstić information content (AvgIpc) is 2.58. The summed E-state index contributed by atoms with van der Waals surface area (Å²) in [6.07, 6.45) is 1.71. The molecule has 0 radical (unpaired) electrons. The molecule has 0 aliphatic rings. The van der Waals surface area contributed by atoms with Crippen LogP contribution in [0.3, 0.4) is 0 Å². The van der Waals surface area contributed by atoms with Gasteiger partial charge in [-0.2, -0.15) is 0 Å². The lowest BCUT2D eigenvalue weighted by atomic mass is 10.0. The van der Waals surface area contributed by atoms with Gasteiger partial charge in [-0.3, -0.25) is 4.99 Å². The fourth-order valence-corrected chi connectivity index (χ4v) is 2.34. The molecule has 0 fully saturated rings. The highest BCUT2D eigenvalue weighted by atomic mass is 16.3. The van der Waals surface area contributed by atoms with Crippen LogP contribution in [-0.2, 0) is 0 Å². The van der Waals surface area contributed by atoms with Gasteiger partial charge in [-0.1, -0.05) is 42.0 Å². The number of hydrogen-bond acceptors (Lipinski definition) is 4. The highest BCUT2D eigenvalue weighted by Gasteiger charge is 2.05. The van der Waals surface area contributed by atoms with Gasteiger partial charge < -0.3 is 15.9 Å². The van der Waals surface area contributed by atoms with Gasteiger partial charge >= 0.3 is 0 Å². The van der Waals surface area contributed by atoms with E-state index in [1.165, 1.54) is 5.56 Å². The van der Waals surface area contributed by atoms with E-state index in [4.69, 9.17) is 5.73 Å². The molecule has 24 heavy (non-hydrogen) atoms. The van der Waals surface area contributed by atoms with Gasteiger partial charge in [0.2, 0.25) is 0 Å². The summed E-state index contributed by atoms with van der Waals surface area (Å²) in [6, 6.07) is 18.1. The van der Waals surface area contributed by atoms with Crippen molar-refractivity contribution in [2.24, 2.45) is 4.99 Å². The molecule has 0 saturated carbocycles. The van der Waals surface area contributed by atoms with Crippen molar-refractivity contribution in [2.45, 2.75) is 6.92 Å². The predicted octanol–water partition coefficient (Wildman–Crippen LogP) is 4.41. The molecule has 0 aromatic heterocycles. The maximum atomic E-state index is 10.0. The zero-order valence-electron chi connectivity index (χ0n) is 13.3. The van der Waals surface area contributed by atoms with Gasteiger partial charge in [0.25, 0.3) is 0 Å². The number of aryl methyl sites for hydroxylation is 1. The number of benzene rings is 3. The van der Waals surface area contributed by atoms with Crippen LogP contribution in [0.4, 0.5) is 11.4 Å². The minimum absolute atomic E-state index is 0.0511. The third kappa shape index (κ3) is 3.38. The summed E-state index contributed by atoms with van der Waals surface area (Å²) in [4.78, 5) is 4.38. The van der Waals surface area contributed by atoms with Crippen molar-refractivity contribution in [3.8, 4) is 22.6 Å². The number of phenols is 2. The molecule has 0 atom stereocenters. The molecule has 0 aliphatic carbocycles. The Hall–Kier alpha value is -3.27.